The Labute approximate surface area is 108 Å². The molecule has 0 radical (unpaired) electrons. The summed E-state index contributed by atoms with van der Waals surface area (Å²) in [6.07, 6.45) is 11.2. The van der Waals surface area contributed by atoms with Gasteiger partial charge in [-0.2, -0.15) is 0 Å². The van der Waals surface area contributed by atoms with E-state index >= 15 is 0 Å². The predicted molar refractivity (Wildman–Crippen MR) is 71.0 cm³/mol. The first-order valence-electron chi connectivity index (χ1n) is 7.12. The lowest BCUT2D eigenvalue weighted by atomic mass is 9.98. The van der Waals surface area contributed by atoms with Gasteiger partial charge < -0.3 is 9.52 Å². The minimum Gasteiger partial charge on any atom is -0.507 e. The Hall–Kier alpha value is -1.25. The maximum absolute atomic E-state index is 11.3. The molecule has 0 amide bonds. The van der Waals surface area contributed by atoms with Crippen LogP contribution in [0.3, 0.4) is 0 Å². The highest BCUT2D eigenvalue weighted by atomic mass is 16.4. The quantitative estimate of drug-likeness (QED) is 0.765. The van der Waals surface area contributed by atoms with Gasteiger partial charge >= 0.3 is 5.63 Å². The molecule has 100 valence electrons. The van der Waals surface area contributed by atoms with Gasteiger partial charge in [-0.1, -0.05) is 38.5 Å². The zero-order chi connectivity index (χ0) is 12.8. The number of aryl methyl sites for hydroxylation is 1. The van der Waals surface area contributed by atoms with Crippen LogP contribution in [-0.2, 0) is 12.8 Å². The lowest BCUT2D eigenvalue weighted by Gasteiger charge is -2.11. The Kier molecular flexibility index (Phi) is 4.85. The predicted octanol–water partition coefficient (Wildman–Crippen LogP) is 3.56. The molecule has 1 aromatic heterocycles. The van der Waals surface area contributed by atoms with Crippen molar-refractivity contribution in [2.45, 2.75) is 64.2 Å². The van der Waals surface area contributed by atoms with E-state index in [4.69, 9.17) is 4.42 Å². The summed E-state index contributed by atoms with van der Waals surface area (Å²) >= 11 is 0. The van der Waals surface area contributed by atoms with Crippen molar-refractivity contribution in [2.75, 3.05) is 0 Å². The van der Waals surface area contributed by atoms with Gasteiger partial charge in [-0.25, -0.2) is 4.79 Å². The van der Waals surface area contributed by atoms with E-state index in [2.05, 4.69) is 0 Å². The first kappa shape index (κ1) is 13.2. The van der Waals surface area contributed by atoms with Crippen LogP contribution in [0.5, 0.6) is 5.75 Å². The SMILES string of the molecule is O=c1cc(O)c2c(o1)CCCCCCCCCC2. The largest absolute Gasteiger partial charge is 0.507 e. The van der Waals surface area contributed by atoms with Crippen LogP contribution in [-0.4, -0.2) is 5.11 Å². The molecule has 0 aromatic carbocycles. The van der Waals surface area contributed by atoms with Crippen LogP contribution in [0.2, 0.25) is 0 Å². The molecule has 1 N–H and O–H groups in total. The number of aromatic hydroxyl groups is 1. The van der Waals surface area contributed by atoms with Crippen LogP contribution < -0.4 is 5.63 Å². The summed E-state index contributed by atoms with van der Waals surface area (Å²) in [7, 11) is 0. The molecule has 18 heavy (non-hydrogen) atoms. The third-order valence-electron chi connectivity index (χ3n) is 3.70. The van der Waals surface area contributed by atoms with Gasteiger partial charge in [0, 0.05) is 12.0 Å². The minimum atomic E-state index is -0.432. The average molecular weight is 250 g/mol. The zero-order valence-electron chi connectivity index (χ0n) is 10.9. The molecule has 0 saturated carbocycles. The Morgan fingerprint density at radius 1 is 0.889 bits per heavy atom. The first-order valence-corrected chi connectivity index (χ1v) is 7.12. The van der Waals surface area contributed by atoms with Gasteiger partial charge in [0.1, 0.15) is 11.5 Å². The Morgan fingerprint density at radius 2 is 1.44 bits per heavy atom. The van der Waals surface area contributed by atoms with Crippen molar-refractivity contribution in [1.82, 2.24) is 0 Å². The third kappa shape index (κ3) is 3.62. The molecule has 1 aromatic rings. The molecule has 0 unspecified atom stereocenters. The summed E-state index contributed by atoms with van der Waals surface area (Å²) in [6, 6.07) is 1.20. The van der Waals surface area contributed by atoms with Crippen molar-refractivity contribution in [2.24, 2.45) is 0 Å². The molecule has 0 aliphatic heterocycles. The van der Waals surface area contributed by atoms with Gasteiger partial charge in [0.2, 0.25) is 0 Å². The summed E-state index contributed by atoms with van der Waals surface area (Å²) in [5, 5.41) is 9.88. The van der Waals surface area contributed by atoms with E-state index in [0.717, 1.165) is 31.2 Å². The first-order chi connectivity index (χ1) is 8.77. The van der Waals surface area contributed by atoms with E-state index in [1.54, 1.807) is 0 Å². The Morgan fingerprint density at radius 3 is 2.11 bits per heavy atom. The Balaban J connectivity index is 2.17. The highest BCUT2D eigenvalue weighted by molar-refractivity contribution is 5.33. The van der Waals surface area contributed by atoms with E-state index in [1.165, 1.54) is 44.6 Å². The van der Waals surface area contributed by atoms with Crippen molar-refractivity contribution >= 4 is 0 Å². The lowest BCUT2D eigenvalue weighted by molar-refractivity contribution is 0.402. The van der Waals surface area contributed by atoms with Crippen LogP contribution in [0.4, 0.5) is 0 Å². The van der Waals surface area contributed by atoms with Crippen LogP contribution in [0.25, 0.3) is 0 Å². The van der Waals surface area contributed by atoms with Gasteiger partial charge in [-0.05, 0) is 19.3 Å². The smallest absolute Gasteiger partial charge is 0.339 e. The van der Waals surface area contributed by atoms with Gasteiger partial charge in [0.15, 0.2) is 0 Å². The molecule has 0 spiro atoms. The molecule has 1 heterocycles. The minimum absolute atomic E-state index is 0.123. The highest BCUT2D eigenvalue weighted by Crippen LogP contribution is 2.24. The van der Waals surface area contributed by atoms with Crippen LogP contribution >= 0.6 is 0 Å². The average Bonchev–Trinajstić information content (AvgIpc) is 2.31. The van der Waals surface area contributed by atoms with Crippen molar-refractivity contribution in [3.63, 3.8) is 0 Å². The maximum atomic E-state index is 11.3. The summed E-state index contributed by atoms with van der Waals surface area (Å²) in [6.45, 7) is 0. The molecular formula is C15H22O3. The molecule has 0 saturated heterocycles. The summed E-state index contributed by atoms with van der Waals surface area (Å²) in [4.78, 5) is 11.3. The molecule has 0 bridgehead atoms. The fourth-order valence-electron chi connectivity index (χ4n) is 2.67. The zero-order valence-corrected chi connectivity index (χ0v) is 10.9. The number of fused-ring (bicyclic) bond motifs is 1. The number of rotatable bonds is 0. The third-order valence-corrected chi connectivity index (χ3v) is 3.70. The van der Waals surface area contributed by atoms with Crippen LogP contribution in [0, 0.1) is 0 Å². The molecule has 0 fully saturated rings. The number of hydrogen-bond donors (Lipinski definition) is 1. The van der Waals surface area contributed by atoms with Gasteiger partial charge in [-0.3, -0.25) is 0 Å². The van der Waals surface area contributed by atoms with Crippen LogP contribution in [0.1, 0.15) is 62.7 Å². The normalized spacial score (nSPS) is 18.4. The van der Waals surface area contributed by atoms with Crippen molar-refractivity contribution < 1.29 is 9.52 Å². The van der Waals surface area contributed by atoms with E-state index in [-0.39, 0.29) is 5.75 Å². The fraction of sp³-hybridized carbons (Fsp3) is 0.667. The maximum Gasteiger partial charge on any atom is 0.339 e. The Bertz CT molecular complexity index is 434. The van der Waals surface area contributed by atoms with E-state index < -0.39 is 5.63 Å². The van der Waals surface area contributed by atoms with E-state index in [1.807, 2.05) is 0 Å². The van der Waals surface area contributed by atoms with Crippen molar-refractivity contribution in [3.05, 3.63) is 27.8 Å². The second kappa shape index (κ2) is 6.62. The highest BCUT2D eigenvalue weighted by Gasteiger charge is 2.12. The van der Waals surface area contributed by atoms with Crippen LogP contribution in [0.15, 0.2) is 15.3 Å². The second-order valence-electron chi connectivity index (χ2n) is 5.18. The van der Waals surface area contributed by atoms with E-state index in [9.17, 15) is 9.90 Å². The lowest BCUT2D eigenvalue weighted by Crippen LogP contribution is -2.05. The van der Waals surface area contributed by atoms with Gasteiger partial charge in [-0.15, -0.1) is 0 Å². The molecule has 3 heteroatoms. The summed E-state index contributed by atoms with van der Waals surface area (Å²) in [5.74, 6) is 0.832. The molecule has 0 atom stereocenters. The summed E-state index contributed by atoms with van der Waals surface area (Å²) < 4.78 is 5.27. The molecule has 1 aliphatic carbocycles. The molecule has 2 rings (SSSR count). The standard InChI is InChI=1S/C15H22O3/c16-13-11-15(17)18-14-10-8-6-4-2-1-3-5-7-9-12(13)14/h11,16H,1-10H2. The topological polar surface area (TPSA) is 50.4 Å². The molecule has 3 nitrogen and oxygen atoms in total. The van der Waals surface area contributed by atoms with Gasteiger partial charge in [0.25, 0.3) is 0 Å². The molecule has 1 aliphatic rings. The monoisotopic (exact) mass is 250 g/mol. The second-order valence-corrected chi connectivity index (χ2v) is 5.18. The number of hydrogen-bond acceptors (Lipinski definition) is 3. The summed E-state index contributed by atoms with van der Waals surface area (Å²) in [5.41, 5.74) is 0.425. The van der Waals surface area contributed by atoms with Gasteiger partial charge in [0.05, 0.1) is 6.07 Å². The van der Waals surface area contributed by atoms with Crippen molar-refractivity contribution in [1.29, 1.82) is 0 Å². The van der Waals surface area contributed by atoms with E-state index in [0.29, 0.717) is 5.76 Å². The van der Waals surface area contributed by atoms with Crippen molar-refractivity contribution in [3.8, 4) is 5.75 Å². The fourth-order valence-corrected chi connectivity index (χ4v) is 2.67. The molecular weight excluding hydrogens is 228 g/mol.